The Morgan fingerprint density at radius 2 is 1.68 bits per heavy atom. The molecule has 1 atom stereocenters. The molecule has 0 radical (unpaired) electrons. The summed E-state index contributed by atoms with van der Waals surface area (Å²) in [7, 11) is 0. The fourth-order valence-electron chi connectivity index (χ4n) is 3.07. The summed E-state index contributed by atoms with van der Waals surface area (Å²) in [6.07, 6.45) is -0.901. The van der Waals surface area contributed by atoms with E-state index in [0.717, 1.165) is 0 Å². The van der Waals surface area contributed by atoms with E-state index in [-0.39, 0.29) is 17.0 Å². The quantitative estimate of drug-likeness (QED) is 0.383. The van der Waals surface area contributed by atoms with E-state index in [1.54, 1.807) is 55.5 Å². The largest absolute Gasteiger partial charge is 0.479 e. The number of halogens is 2. The Morgan fingerprint density at radius 1 is 1.00 bits per heavy atom. The van der Waals surface area contributed by atoms with Crippen LogP contribution in [0.1, 0.15) is 23.0 Å². The summed E-state index contributed by atoms with van der Waals surface area (Å²) in [5.74, 6) is -1.11. The third-order valence-electron chi connectivity index (χ3n) is 4.67. The molecule has 1 N–H and O–H groups in total. The van der Waals surface area contributed by atoms with Crippen LogP contribution in [0.3, 0.4) is 0 Å². The molecule has 7 heteroatoms. The number of hydrogen-bond acceptors (Lipinski definition) is 4. The van der Waals surface area contributed by atoms with E-state index in [0.29, 0.717) is 21.7 Å². The maximum Gasteiger partial charge on any atom is 0.265 e. The number of ether oxygens (including phenoxy) is 1. The number of ketones is 1. The van der Waals surface area contributed by atoms with Crippen molar-refractivity contribution in [2.45, 2.75) is 13.0 Å². The second kappa shape index (κ2) is 8.62. The molecule has 5 nitrogen and oxygen atoms in total. The summed E-state index contributed by atoms with van der Waals surface area (Å²) in [5, 5.41) is 3.68. The zero-order valence-corrected chi connectivity index (χ0v) is 17.2. The van der Waals surface area contributed by atoms with Gasteiger partial charge < -0.3 is 14.5 Å². The van der Waals surface area contributed by atoms with E-state index in [1.807, 2.05) is 0 Å². The average molecular weight is 438 g/mol. The standard InChI is InChI=1S/C24H17ClFNO4/c1-14(30-20-9-5-3-7-18(20)25)24(29)27-21-17-6-2-4-8-19(17)31-23(21)22(28)15-10-12-16(26)13-11-15/h2-14H,1H3,(H,27,29)/t14-/m1/s1. The highest BCUT2D eigenvalue weighted by Gasteiger charge is 2.25. The number of hydrogen-bond donors (Lipinski definition) is 1. The first kappa shape index (κ1) is 20.6. The van der Waals surface area contributed by atoms with Crippen molar-refractivity contribution in [2.24, 2.45) is 0 Å². The summed E-state index contributed by atoms with van der Waals surface area (Å²) in [5.41, 5.74) is 0.892. The van der Waals surface area contributed by atoms with Crippen molar-refractivity contribution >= 4 is 39.9 Å². The fraction of sp³-hybridized carbons (Fsp3) is 0.0833. The Bertz CT molecular complexity index is 1270. The van der Waals surface area contributed by atoms with Crippen molar-refractivity contribution in [3.05, 3.63) is 95.0 Å². The molecule has 4 aromatic rings. The number of fused-ring (bicyclic) bond motifs is 1. The second-order valence-electron chi connectivity index (χ2n) is 6.82. The van der Waals surface area contributed by atoms with Crippen LogP contribution in [-0.2, 0) is 4.79 Å². The van der Waals surface area contributed by atoms with Gasteiger partial charge in [0.25, 0.3) is 5.91 Å². The smallest absolute Gasteiger partial charge is 0.265 e. The Kier molecular flexibility index (Phi) is 5.73. The highest BCUT2D eigenvalue weighted by molar-refractivity contribution is 6.32. The van der Waals surface area contributed by atoms with Crippen molar-refractivity contribution < 1.29 is 23.1 Å². The summed E-state index contributed by atoms with van der Waals surface area (Å²) < 4.78 is 24.7. The number of benzene rings is 3. The normalized spacial score (nSPS) is 11.8. The van der Waals surface area contributed by atoms with Gasteiger partial charge in [0.15, 0.2) is 11.9 Å². The number of nitrogens with one attached hydrogen (secondary N) is 1. The summed E-state index contributed by atoms with van der Waals surface area (Å²) in [6.45, 7) is 1.57. The Morgan fingerprint density at radius 3 is 2.42 bits per heavy atom. The number of anilines is 1. The van der Waals surface area contributed by atoms with Crippen LogP contribution in [0.15, 0.2) is 77.2 Å². The van der Waals surface area contributed by atoms with E-state index in [2.05, 4.69) is 5.32 Å². The predicted molar refractivity (Wildman–Crippen MR) is 116 cm³/mol. The van der Waals surface area contributed by atoms with E-state index in [4.69, 9.17) is 20.8 Å². The molecule has 1 amide bonds. The average Bonchev–Trinajstić information content (AvgIpc) is 3.13. The van der Waals surface area contributed by atoms with Gasteiger partial charge in [0.2, 0.25) is 5.78 Å². The number of para-hydroxylation sites is 2. The van der Waals surface area contributed by atoms with Crippen LogP contribution in [0.25, 0.3) is 11.0 Å². The molecule has 4 rings (SSSR count). The molecule has 156 valence electrons. The predicted octanol–water partition coefficient (Wildman–Crippen LogP) is 5.86. The molecule has 0 fully saturated rings. The molecule has 0 aliphatic rings. The summed E-state index contributed by atoms with van der Waals surface area (Å²) >= 11 is 6.10. The molecule has 0 saturated carbocycles. The topological polar surface area (TPSA) is 68.5 Å². The lowest BCUT2D eigenvalue weighted by molar-refractivity contribution is -0.122. The third kappa shape index (κ3) is 4.29. The summed E-state index contributed by atoms with van der Waals surface area (Å²) in [4.78, 5) is 25.9. The molecule has 0 aliphatic carbocycles. The van der Waals surface area contributed by atoms with Gasteiger partial charge in [-0.1, -0.05) is 35.9 Å². The number of carbonyl (C=O) groups is 2. The van der Waals surface area contributed by atoms with Crippen molar-refractivity contribution in [1.29, 1.82) is 0 Å². The number of carbonyl (C=O) groups excluding carboxylic acids is 2. The minimum Gasteiger partial charge on any atom is -0.479 e. The van der Waals surface area contributed by atoms with E-state index >= 15 is 0 Å². The molecule has 1 aromatic heterocycles. The van der Waals surface area contributed by atoms with Crippen LogP contribution in [-0.4, -0.2) is 17.8 Å². The third-order valence-corrected chi connectivity index (χ3v) is 4.98. The van der Waals surface area contributed by atoms with Crippen molar-refractivity contribution in [3.63, 3.8) is 0 Å². The Labute approximate surface area is 182 Å². The van der Waals surface area contributed by atoms with Crippen LogP contribution >= 0.6 is 11.6 Å². The van der Waals surface area contributed by atoms with Crippen LogP contribution < -0.4 is 10.1 Å². The maximum absolute atomic E-state index is 13.3. The summed E-state index contributed by atoms with van der Waals surface area (Å²) in [6, 6.07) is 18.9. The lowest BCUT2D eigenvalue weighted by atomic mass is 10.1. The van der Waals surface area contributed by atoms with Crippen LogP contribution in [0, 0.1) is 5.82 Å². The zero-order valence-electron chi connectivity index (χ0n) is 16.4. The lowest BCUT2D eigenvalue weighted by Crippen LogP contribution is -2.30. The van der Waals surface area contributed by atoms with Gasteiger partial charge in [-0.25, -0.2) is 4.39 Å². The number of furan rings is 1. The van der Waals surface area contributed by atoms with E-state index in [1.165, 1.54) is 24.3 Å². The lowest BCUT2D eigenvalue weighted by Gasteiger charge is -2.15. The van der Waals surface area contributed by atoms with Gasteiger partial charge in [-0.2, -0.15) is 0 Å². The molecular weight excluding hydrogens is 421 g/mol. The van der Waals surface area contributed by atoms with Gasteiger partial charge in [0.1, 0.15) is 17.1 Å². The van der Waals surface area contributed by atoms with Crippen LogP contribution in [0.5, 0.6) is 5.75 Å². The van der Waals surface area contributed by atoms with Gasteiger partial charge in [0.05, 0.1) is 10.7 Å². The molecule has 31 heavy (non-hydrogen) atoms. The maximum atomic E-state index is 13.3. The van der Waals surface area contributed by atoms with E-state index < -0.39 is 23.6 Å². The SMILES string of the molecule is C[C@@H](Oc1ccccc1Cl)C(=O)Nc1c(C(=O)c2ccc(F)cc2)oc2ccccc12. The molecule has 3 aromatic carbocycles. The first-order chi connectivity index (χ1) is 14.9. The minimum absolute atomic E-state index is 0.0499. The van der Waals surface area contributed by atoms with Gasteiger partial charge in [0, 0.05) is 10.9 Å². The molecular formula is C24H17ClFNO4. The van der Waals surface area contributed by atoms with Gasteiger partial charge in [-0.15, -0.1) is 0 Å². The molecule has 0 spiro atoms. The highest BCUT2D eigenvalue weighted by Crippen LogP contribution is 2.33. The first-order valence-electron chi connectivity index (χ1n) is 9.48. The molecule has 0 aliphatic heterocycles. The number of amides is 1. The Hall–Kier alpha value is -3.64. The first-order valence-corrected chi connectivity index (χ1v) is 9.85. The zero-order chi connectivity index (χ0) is 22.0. The monoisotopic (exact) mass is 437 g/mol. The number of rotatable bonds is 6. The highest BCUT2D eigenvalue weighted by atomic mass is 35.5. The van der Waals surface area contributed by atoms with E-state index in [9.17, 15) is 14.0 Å². The van der Waals surface area contributed by atoms with Crippen molar-refractivity contribution in [1.82, 2.24) is 0 Å². The van der Waals surface area contributed by atoms with Gasteiger partial charge in [-0.05, 0) is 55.5 Å². The van der Waals surface area contributed by atoms with Gasteiger partial charge in [-0.3, -0.25) is 9.59 Å². The Balaban J connectivity index is 1.65. The van der Waals surface area contributed by atoms with Gasteiger partial charge >= 0.3 is 0 Å². The van der Waals surface area contributed by atoms with Crippen LogP contribution in [0.2, 0.25) is 5.02 Å². The molecule has 1 heterocycles. The minimum atomic E-state index is -0.901. The van der Waals surface area contributed by atoms with Crippen molar-refractivity contribution in [2.75, 3.05) is 5.32 Å². The molecule has 0 unspecified atom stereocenters. The molecule has 0 saturated heterocycles. The van der Waals surface area contributed by atoms with Crippen LogP contribution in [0.4, 0.5) is 10.1 Å². The molecule has 0 bridgehead atoms. The van der Waals surface area contributed by atoms with Crippen molar-refractivity contribution in [3.8, 4) is 5.75 Å². The second-order valence-corrected chi connectivity index (χ2v) is 7.23. The fourth-order valence-corrected chi connectivity index (χ4v) is 3.25.